The second-order valence-corrected chi connectivity index (χ2v) is 7.98. The van der Waals surface area contributed by atoms with Gasteiger partial charge in [0.25, 0.3) is 5.91 Å². The number of benzene rings is 2. The van der Waals surface area contributed by atoms with Gasteiger partial charge in [-0.3, -0.25) is 4.79 Å². The highest BCUT2D eigenvalue weighted by molar-refractivity contribution is 5.94. The zero-order valence-electron chi connectivity index (χ0n) is 16.2. The summed E-state index contributed by atoms with van der Waals surface area (Å²) < 4.78 is 1.80. The number of amides is 1. The molecule has 2 aliphatic rings. The second-order valence-electron chi connectivity index (χ2n) is 7.98. The highest BCUT2D eigenvalue weighted by atomic mass is 16.1. The molecule has 148 valence electrons. The molecule has 1 aliphatic carbocycles. The fraction of sp³-hybridized carbons (Fsp3) is 0.364. The predicted molar refractivity (Wildman–Crippen MR) is 110 cm³/mol. The molecular formula is C22H24N6O. The van der Waals surface area contributed by atoms with Crippen molar-refractivity contribution in [2.45, 2.75) is 31.7 Å². The van der Waals surface area contributed by atoms with Crippen molar-refractivity contribution in [1.82, 2.24) is 25.5 Å². The van der Waals surface area contributed by atoms with E-state index < -0.39 is 0 Å². The maximum atomic E-state index is 12.1. The Morgan fingerprint density at radius 1 is 1.03 bits per heavy atom. The molecule has 1 atom stereocenters. The molecule has 1 unspecified atom stereocenters. The van der Waals surface area contributed by atoms with Crippen LogP contribution in [0.15, 0.2) is 54.6 Å². The minimum atomic E-state index is 0.0406. The molecule has 1 amide bonds. The lowest BCUT2D eigenvalue weighted by Gasteiger charge is -2.17. The molecule has 2 aromatic carbocycles. The van der Waals surface area contributed by atoms with Gasteiger partial charge in [0.1, 0.15) is 0 Å². The second kappa shape index (κ2) is 7.66. The largest absolute Gasteiger partial charge is 0.349 e. The lowest BCUT2D eigenvalue weighted by Crippen LogP contribution is -2.25. The van der Waals surface area contributed by atoms with Crippen LogP contribution in [0.3, 0.4) is 0 Å². The number of para-hydroxylation sites is 1. The Kier molecular flexibility index (Phi) is 4.71. The smallest absolute Gasteiger partial charge is 0.251 e. The number of anilines is 1. The molecule has 0 spiro atoms. The number of carbonyl (C=O) groups is 1. The summed E-state index contributed by atoms with van der Waals surface area (Å²) in [6.45, 7) is 1.87. The molecule has 2 fully saturated rings. The average Bonchev–Trinajstić information content (AvgIpc) is 3.24. The zero-order valence-corrected chi connectivity index (χ0v) is 16.2. The van der Waals surface area contributed by atoms with E-state index in [0.717, 1.165) is 56.0 Å². The van der Waals surface area contributed by atoms with Crippen LogP contribution in [-0.2, 0) is 6.42 Å². The number of hydrogen-bond acceptors (Lipinski definition) is 5. The van der Waals surface area contributed by atoms with Gasteiger partial charge >= 0.3 is 0 Å². The van der Waals surface area contributed by atoms with E-state index in [4.69, 9.17) is 0 Å². The summed E-state index contributed by atoms with van der Waals surface area (Å²) in [5, 5.41) is 15.3. The third-order valence-electron chi connectivity index (χ3n) is 5.68. The number of nitrogens with zero attached hydrogens (tertiary/aromatic N) is 5. The summed E-state index contributed by atoms with van der Waals surface area (Å²) in [7, 11) is 0. The summed E-state index contributed by atoms with van der Waals surface area (Å²) in [6, 6.07) is 18.4. The molecule has 7 heteroatoms. The van der Waals surface area contributed by atoms with Gasteiger partial charge in [-0.2, -0.15) is 4.68 Å². The molecular weight excluding hydrogens is 364 g/mol. The molecule has 0 radical (unpaired) electrons. The van der Waals surface area contributed by atoms with Crippen LogP contribution in [0.1, 0.15) is 35.2 Å². The first-order valence-electron chi connectivity index (χ1n) is 10.2. The first kappa shape index (κ1) is 17.8. The highest BCUT2D eigenvalue weighted by Crippen LogP contribution is 2.26. The van der Waals surface area contributed by atoms with Crippen LogP contribution in [0.5, 0.6) is 0 Å². The molecule has 1 aromatic heterocycles. The molecule has 1 aliphatic heterocycles. The molecule has 1 saturated heterocycles. The summed E-state index contributed by atoms with van der Waals surface area (Å²) in [5.74, 6) is 1.38. The van der Waals surface area contributed by atoms with Crippen molar-refractivity contribution < 1.29 is 4.79 Å². The van der Waals surface area contributed by atoms with Gasteiger partial charge in [-0.1, -0.05) is 35.4 Å². The van der Waals surface area contributed by atoms with Gasteiger partial charge in [0.05, 0.1) is 5.69 Å². The van der Waals surface area contributed by atoms with Crippen molar-refractivity contribution in [3.63, 3.8) is 0 Å². The molecule has 0 bridgehead atoms. The Bertz CT molecular complexity index is 980. The van der Waals surface area contributed by atoms with Gasteiger partial charge in [-0.05, 0) is 71.9 Å². The van der Waals surface area contributed by atoms with E-state index in [9.17, 15) is 4.79 Å². The Labute approximate surface area is 169 Å². The normalized spacial score (nSPS) is 18.8. The van der Waals surface area contributed by atoms with E-state index in [2.05, 4.69) is 37.9 Å². The summed E-state index contributed by atoms with van der Waals surface area (Å²) in [6.07, 6.45) is 4.31. The predicted octanol–water partition coefficient (Wildman–Crippen LogP) is 2.62. The van der Waals surface area contributed by atoms with E-state index in [1.165, 1.54) is 5.56 Å². The maximum Gasteiger partial charge on any atom is 0.251 e. The summed E-state index contributed by atoms with van der Waals surface area (Å²) in [4.78, 5) is 14.4. The minimum absolute atomic E-state index is 0.0406. The fourth-order valence-corrected chi connectivity index (χ4v) is 3.92. The van der Waals surface area contributed by atoms with E-state index in [1.807, 2.05) is 42.5 Å². The monoisotopic (exact) mass is 388 g/mol. The number of aromatic nitrogens is 4. The average molecular weight is 388 g/mol. The van der Waals surface area contributed by atoms with E-state index >= 15 is 0 Å². The molecule has 1 saturated carbocycles. The number of carbonyl (C=O) groups excluding carboxylic acids is 1. The van der Waals surface area contributed by atoms with Crippen LogP contribution in [0, 0.1) is 5.92 Å². The van der Waals surface area contributed by atoms with Crippen molar-refractivity contribution >= 4 is 11.9 Å². The fourth-order valence-electron chi connectivity index (χ4n) is 3.92. The van der Waals surface area contributed by atoms with Gasteiger partial charge in [0.2, 0.25) is 5.95 Å². The Morgan fingerprint density at radius 2 is 1.83 bits per heavy atom. The van der Waals surface area contributed by atoms with Gasteiger partial charge < -0.3 is 10.2 Å². The lowest BCUT2D eigenvalue weighted by atomic mass is 9.98. The van der Waals surface area contributed by atoms with E-state index in [-0.39, 0.29) is 5.91 Å². The Balaban J connectivity index is 1.22. The van der Waals surface area contributed by atoms with Crippen molar-refractivity contribution in [2.24, 2.45) is 5.92 Å². The van der Waals surface area contributed by atoms with Crippen LogP contribution in [-0.4, -0.2) is 45.2 Å². The number of hydrogen-bond donors (Lipinski definition) is 1. The molecule has 29 heavy (non-hydrogen) atoms. The van der Waals surface area contributed by atoms with Gasteiger partial charge in [0, 0.05) is 24.7 Å². The highest BCUT2D eigenvalue weighted by Gasteiger charge is 2.27. The van der Waals surface area contributed by atoms with Crippen molar-refractivity contribution in [2.75, 3.05) is 18.0 Å². The number of nitrogens with one attached hydrogen (secondary N) is 1. The Morgan fingerprint density at radius 3 is 2.59 bits per heavy atom. The first-order chi connectivity index (χ1) is 14.3. The van der Waals surface area contributed by atoms with E-state index in [0.29, 0.717) is 12.0 Å². The van der Waals surface area contributed by atoms with Crippen LogP contribution in [0.4, 0.5) is 5.95 Å². The van der Waals surface area contributed by atoms with Gasteiger partial charge in [-0.25, -0.2) is 0 Å². The molecule has 5 rings (SSSR count). The molecule has 2 heterocycles. The summed E-state index contributed by atoms with van der Waals surface area (Å²) in [5.41, 5.74) is 2.98. The standard InChI is InChI=1S/C22H24N6O/c29-21(23-19-10-11-19)18-8-6-16(7-9-18)14-17-12-13-27(15-17)22-24-25-26-28(22)20-4-2-1-3-5-20/h1-9,17,19H,10-15H2,(H,23,29). The van der Waals surface area contributed by atoms with Crippen molar-refractivity contribution in [3.8, 4) is 5.69 Å². The third kappa shape index (κ3) is 3.99. The van der Waals surface area contributed by atoms with Gasteiger partial charge in [-0.15, -0.1) is 0 Å². The minimum Gasteiger partial charge on any atom is -0.349 e. The maximum absolute atomic E-state index is 12.1. The molecule has 7 nitrogen and oxygen atoms in total. The SMILES string of the molecule is O=C(NC1CC1)c1ccc(CC2CCN(c3nnnn3-c3ccccc3)C2)cc1. The third-order valence-corrected chi connectivity index (χ3v) is 5.68. The number of tetrazole rings is 1. The van der Waals surface area contributed by atoms with Crippen LogP contribution < -0.4 is 10.2 Å². The van der Waals surface area contributed by atoms with Crippen molar-refractivity contribution in [1.29, 1.82) is 0 Å². The lowest BCUT2D eigenvalue weighted by molar-refractivity contribution is 0.0951. The zero-order chi connectivity index (χ0) is 19.6. The first-order valence-corrected chi connectivity index (χ1v) is 10.2. The quantitative estimate of drug-likeness (QED) is 0.703. The van der Waals surface area contributed by atoms with E-state index in [1.54, 1.807) is 4.68 Å². The van der Waals surface area contributed by atoms with Gasteiger partial charge in [0.15, 0.2) is 0 Å². The van der Waals surface area contributed by atoms with Crippen LogP contribution in [0.25, 0.3) is 5.69 Å². The van der Waals surface area contributed by atoms with Crippen molar-refractivity contribution in [3.05, 3.63) is 65.7 Å². The van der Waals surface area contributed by atoms with Crippen LogP contribution in [0.2, 0.25) is 0 Å². The van der Waals surface area contributed by atoms with Crippen LogP contribution >= 0.6 is 0 Å². The number of rotatable bonds is 6. The molecule has 1 N–H and O–H groups in total. The molecule has 3 aromatic rings. The summed E-state index contributed by atoms with van der Waals surface area (Å²) >= 11 is 0. The Hall–Kier alpha value is -3.22. The topological polar surface area (TPSA) is 75.9 Å².